The first-order valence-corrected chi connectivity index (χ1v) is 11.2. The van der Waals surface area contributed by atoms with Crippen LogP contribution in [0.4, 0.5) is 5.69 Å². The maximum Gasteiger partial charge on any atom is 0.255 e. The van der Waals surface area contributed by atoms with Gasteiger partial charge in [0.25, 0.3) is 5.91 Å². The fraction of sp³-hybridized carbons (Fsp3) is 0.167. The zero-order valence-corrected chi connectivity index (χ0v) is 18.5. The number of nitrogens with zero attached hydrogens (tertiary/aromatic N) is 1. The second kappa shape index (κ2) is 9.45. The monoisotopic (exact) mass is 452 g/mol. The Morgan fingerprint density at radius 1 is 1.10 bits per heavy atom. The van der Waals surface area contributed by atoms with Gasteiger partial charge >= 0.3 is 0 Å². The maximum absolute atomic E-state index is 12.7. The average molecular weight is 453 g/mol. The van der Waals surface area contributed by atoms with Crippen LogP contribution in [0, 0.1) is 0 Å². The van der Waals surface area contributed by atoms with Crippen LogP contribution in [0.2, 0.25) is 5.02 Å². The number of halogens is 1. The number of rotatable bonds is 6. The Morgan fingerprint density at radius 2 is 1.81 bits per heavy atom. The number of anilines is 1. The molecule has 1 aliphatic heterocycles. The Balaban J connectivity index is 1.48. The molecule has 4 rings (SSSR count). The molecule has 1 N–H and O–H groups in total. The third-order valence-corrected chi connectivity index (χ3v) is 6.56. The highest BCUT2D eigenvalue weighted by Gasteiger charge is 2.32. The van der Waals surface area contributed by atoms with Crippen molar-refractivity contribution in [3.63, 3.8) is 0 Å². The molecule has 0 radical (unpaired) electrons. The first-order chi connectivity index (χ1) is 15.0. The van der Waals surface area contributed by atoms with Crippen molar-refractivity contribution in [1.82, 2.24) is 4.90 Å². The quantitative estimate of drug-likeness (QED) is 0.545. The Labute approximate surface area is 190 Å². The summed E-state index contributed by atoms with van der Waals surface area (Å²) in [7, 11) is 1.57. The molecule has 7 heteroatoms. The van der Waals surface area contributed by atoms with Crippen molar-refractivity contribution in [2.24, 2.45) is 0 Å². The van der Waals surface area contributed by atoms with Crippen molar-refractivity contribution in [2.45, 2.75) is 11.9 Å². The summed E-state index contributed by atoms with van der Waals surface area (Å²) in [6.45, 7) is 0.518. The van der Waals surface area contributed by atoms with Crippen LogP contribution in [-0.2, 0) is 11.3 Å². The summed E-state index contributed by atoms with van der Waals surface area (Å²) in [4.78, 5) is 27.0. The van der Waals surface area contributed by atoms with Gasteiger partial charge in [0.2, 0.25) is 5.91 Å². The lowest BCUT2D eigenvalue weighted by Gasteiger charge is -2.24. The second-order valence-electron chi connectivity index (χ2n) is 7.09. The summed E-state index contributed by atoms with van der Waals surface area (Å²) in [5.74, 6) is 0.923. The summed E-state index contributed by atoms with van der Waals surface area (Å²) in [6, 6.07) is 22.2. The van der Waals surface area contributed by atoms with Crippen LogP contribution in [0.3, 0.4) is 0 Å². The number of hydrogen-bond donors (Lipinski definition) is 1. The molecular formula is C24H21ClN2O3S. The maximum atomic E-state index is 12.7. The molecule has 158 valence electrons. The van der Waals surface area contributed by atoms with E-state index in [1.54, 1.807) is 43.1 Å². The second-order valence-corrected chi connectivity index (χ2v) is 8.59. The molecule has 3 aromatic rings. The molecule has 0 bridgehead atoms. The minimum Gasteiger partial charge on any atom is -0.495 e. The molecule has 31 heavy (non-hydrogen) atoms. The van der Waals surface area contributed by atoms with Crippen LogP contribution in [-0.4, -0.2) is 29.6 Å². The molecule has 1 fully saturated rings. The number of benzene rings is 3. The van der Waals surface area contributed by atoms with Crippen molar-refractivity contribution in [3.05, 3.63) is 94.5 Å². The highest BCUT2D eigenvalue weighted by molar-refractivity contribution is 8.00. The molecule has 0 unspecified atom stereocenters. The highest BCUT2D eigenvalue weighted by Crippen LogP contribution is 2.39. The Bertz CT molecular complexity index is 1090. The zero-order valence-electron chi connectivity index (χ0n) is 16.9. The summed E-state index contributed by atoms with van der Waals surface area (Å²) in [5, 5.41) is 3.46. The Kier molecular flexibility index (Phi) is 6.49. The molecule has 0 aliphatic carbocycles. The van der Waals surface area contributed by atoms with Gasteiger partial charge in [0, 0.05) is 17.1 Å². The van der Waals surface area contributed by atoms with Crippen LogP contribution in [0.5, 0.6) is 5.75 Å². The predicted octanol–water partition coefficient (Wildman–Crippen LogP) is 5.38. The lowest BCUT2D eigenvalue weighted by Crippen LogP contribution is -2.27. The van der Waals surface area contributed by atoms with Crippen LogP contribution in [0.15, 0.2) is 72.8 Å². The molecule has 0 saturated carbocycles. The van der Waals surface area contributed by atoms with E-state index in [2.05, 4.69) is 5.32 Å². The van der Waals surface area contributed by atoms with Gasteiger partial charge in [-0.15, -0.1) is 11.8 Å². The van der Waals surface area contributed by atoms with E-state index in [1.165, 1.54) is 0 Å². The number of amides is 2. The largest absolute Gasteiger partial charge is 0.495 e. The van der Waals surface area contributed by atoms with Crippen molar-refractivity contribution < 1.29 is 14.3 Å². The number of hydrogen-bond acceptors (Lipinski definition) is 4. The first-order valence-electron chi connectivity index (χ1n) is 9.75. The van der Waals surface area contributed by atoms with Crippen LogP contribution in [0.25, 0.3) is 0 Å². The molecule has 1 heterocycles. The fourth-order valence-corrected chi connectivity index (χ4v) is 4.74. The van der Waals surface area contributed by atoms with Crippen LogP contribution in [0.1, 0.15) is 26.9 Å². The topological polar surface area (TPSA) is 58.6 Å². The summed E-state index contributed by atoms with van der Waals surface area (Å²) >= 11 is 7.55. The van der Waals surface area contributed by atoms with Crippen LogP contribution < -0.4 is 10.1 Å². The van der Waals surface area contributed by atoms with Crippen molar-refractivity contribution in [3.8, 4) is 5.75 Å². The molecule has 3 aromatic carbocycles. The summed E-state index contributed by atoms with van der Waals surface area (Å²) in [6.07, 6.45) is 0. The highest BCUT2D eigenvalue weighted by atomic mass is 35.5. The minimum absolute atomic E-state index is 0.0884. The number of thioether (sulfide) groups is 1. The van der Waals surface area contributed by atoms with Crippen molar-refractivity contribution >= 4 is 40.9 Å². The smallest absolute Gasteiger partial charge is 0.255 e. The predicted molar refractivity (Wildman–Crippen MR) is 125 cm³/mol. The number of methoxy groups -OCH3 is 1. The average Bonchev–Trinajstić information content (AvgIpc) is 3.16. The minimum atomic E-state index is -0.218. The molecule has 1 saturated heterocycles. The third-order valence-electron chi connectivity index (χ3n) is 5.05. The van der Waals surface area contributed by atoms with E-state index in [9.17, 15) is 9.59 Å². The van der Waals surface area contributed by atoms with E-state index >= 15 is 0 Å². The number of carbonyl (C=O) groups excluding carboxylic acids is 2. The van der Waals surface area contributed by atoms with Gasteiger partial charge in [0.15, 0.2) is 0 Å². The molecule has 0 spiro atoms. The van der Waals surface area contributed by atoms with E-state index in [4.69, 9.17) is 16.3 Å². The number of para-hydroxylation sites is 2. The van der Waals surface area contributed by atoms with Gasteiger partial charge in [-0.05, 0) is 47.5 Å². The van der Waals surface area contributed by atoms with Gasteiger partial charge in [-0.1, -0.05) is 48.0 Å². The zero-order chi connectivity index (χ0) is 21.8. The van der Waals surface area contributed by atoms with E-state index in [-0.39, 0.29) is 17.2 Å². The first kappa shape index (κ1) is 21.3. The lowest BCUT2D eigenvalue weighted by molar-refractivity contribution is -0.128. The van der Waals surface area contributed by atoms with Crippen LogP contribution >= 0.6 is 23.4 Å². The molecular weight excluding hydrogens is 432 g/mol. The molecule has 1 aliphatic rings. The van der Waals surface area contributed by atoms with Gasteiger partial charge in [0.1, 0.15) is 11.1 Å². The van der Waals surface area contributed by atoms with Crippen molar-refractivity contribution in [2.75, 3.05) is 18.2 Å². The molecule has 5 nitrogen and oxygen atoms in total. The lowest BCUT2D eigenvalue weighted by atomic mass is 10.1. The number of carbonyl (C=O) groups is 2. The van der Waals surface area contributed by atoms with E-state index in [1.807, 2.05) is 53.4 Å². The standard InChI is InChI=1S/C24H21ClN2O3S/c1-30-21-5-3-2-4-20(21)26-23(29)17-8-10-18(11-9-17)24-27(22(28)15-31-24)14-16-6-12-19(25)13-7-16/h2-13,24H,14-15H2,1H3,(H,26,29)/t24-/m0/s1. The van der Waals surface area contributed by atoms with Crippen molar-refractivity contribution in [1.29, 1.82) is 0 Å². The van der Waals surface area contributed by atoms with E-state index < -0.39 is 0 Å². The normalized spacial score (nSPS) is 15.7. The van der Waals surface area contributed by atoms with E-state index in [0.29, 0.717) is 34.3 Å². The van der Waals surface area contributed by atoms with Gasteiger partial charge < -0.3 is 15.0 Å². The number of nitrogens with one attached hydrogen (secondary N) is 1. The summed E-state index contributed by atoms with van der Waals surface area (Å²) < 4.78 is 5.28. The Hall–Kier alpha value is -2.96. The van der Waals surface area contributed by atoms with Gasteiger partial charge in [-0.25, -0.2) is 0 Å². The third kappa shape index (κ3) is 4.86. The SMILES string of the molecule is COc1ccccc1NC(=O)c1ccc([C@@H]2SCC(=O)N2Cc2ccc(Cl)cc2)cc1. The molecule has 0 aromatic heterocycles. The Morgan fingerprint density at radius 3 is 2.52 bits per heavy atom. The fourth-order valence-electron chi connectivity index (χ4n) is 3.43. The van der Waals surface area contributed by atoms with Gasteiger partial charge in [-0.2, -0.15) is 0 Å². The summed E-state index contributed by atoms with van der Waals surface area (Å²) in [5.41, 5.74) is 3.16. The van der Waals surface area contributed by atoms with Gasteiger partial charge in [0.05, 0.1) is 18.6 Å². The van der Waals surface area contributed by atoms with Gasteiger partial charge in [-0.3, -0.25) is 9.59 Å². The number of ether oxygens (including phenoxy) is 1. The molecule has 1 atom stereocenters. The van der Waals surface area contributed by atoms with E-state index in [0.717, 1.165) is 11.1 Å². The molecule has 2 amide bonds.